The first-order chi connectivity index (χ1) is 10.4. The Hall–Kier alpha value is -2.07. The molecule has 10 nitrogen and oxygen atoms in total. The largest absolute Gasteiger partial charge is 0.351 e. The molecule has 0 aromatic carbocycles. The monoisotopic (exact) mass is 315 g/mol. The van der Waals surface area contributed by atoms with Crippen molar-refractivity contribution >= 4 is 17.7 Å². The van der Waals surface area contributed by atoms with Crippen molar-refractivity contribution in [3.8, 4) is 0 Å². The standard InChI is InChI=1S/C12H21N5O5/c1-5-21-8(22-6-2)7-13-10-9(17(19)20)11(18)15-12(14-10)16(3)4/h8-9H,5-7H2,1-4H3,(H,13,14,15,18). The molecule has 0 saturated carbocycles. The van der Waals surface area contributed by atoms with Gasteiger partial charge in [-0.1, -0.05) is 0 Å². The first-order valence-electron chi connectivity index (χ1n) is 6.88. The minimum Gasteiger partial charge on any atom is -0.351 e. The number of nitrogens with zero attached hydrogens (tertiary/aromatic N) is 4. The van der Waals surface area contributed by atoms with Gasteiger partial charge in [0.25, 0.3) is 0 Å². The minimum absolute atomic E-state index is 0.0266. The summed E-state index contributed by atoms with van der Waals surface area (Å²) in [7, 11) is 3.32. The van der Waals surface area contributed by atoms with E-state index in [0.29, 0.717) is 13.2 Å². The fraction of sp³-hybridized carbons (Fsp3) is 0.750. The average molecular weight is 315 g/mol. The summed E-state index contributed by atoms with van der Waals surface area (Å²) in [6, 6.07) is -1.63. The summed E-state index contributed by atoms with van der Waals surface area (Å²) in [6.45, 7) is 4.46. The lowest BCUT2D eigenvalue weighted by atomic mass is 10.2. The van der Waals surface area contributed by atoms with Crippen molar-refractivity contribution in [1.82, 2.24) is 10.2 Å². The maximum Gasteiger partial charge on any atom is 0.348 e. The van der Waals surface area contributed by atoms with E-state index in [4.69, 9.17) is 9.47 Å². The number of hydrogen-bond acceptors (Lipinski definition) is 7. The second kappa shape index (κ2) is 8.39. The molecule has 1 aliphatic rings. The Labute approximate surface area is 128 Å². The van der Waals surface area contributed by atoms with Gasteiger partial charge in [0.2, 0.25) is 11.8 Å². The molecule has 1 heterocycles. The smallest absolute Gasteiger partial charge is 0.348 e. The highest BCUT2D eigenvalue weighted by atomic mass is 16.7. The van der Waals surface area contributed by atoms with Gasteiger partial charge >= 0.3 is 11.9 Å². The molecule has 1 atom stereocenters. The molecule has 22 heavy (non-hydrogen) atoms. The van der Waals surface area contributed by atoms with Crippen LogP contribution in [0.2, 0.25) is 0 Å². The first-order valence-corrected chi connectivity index (χ1v) is 6.88. The molecule has 1 amide bonds. The average Bonchev–Trinajstić information content (AvgIpc) is 2.44. The zero-order valence-electron chi connectivity index (χ0n) is 13.1. The van der Waals surface area contributed by atoms with E-state index < -0.39 is 23.2 Å². The number of hydrogen-bond donors (Lipinski definition) is 1. The van der Waals surface area contributed by atoms with E-state index in [1.165, 1.54) is 4.90 Å². The van der Waals surface area contributed by atoms with Gasteiger partial charge in [-0.3, -0.25) is 25.2 Å². The lowest BCUT2D eigenvalue weighted by Crippen LogP contribution is -2.54. The van der Waals surface area contributed by atoms with Gasteiger partial charge in [0.05, 0.1) is 6.54 Å². The van der Waals surface area contributed by atoms with Gasteiger partial charge in [0.1, 0.15) is 0 Å². The zero-order chi connectivity index (χ0) is 16.7. The van der Waals surface area contributed by atoms with Crippen LogP contribution >= 0.6 is 0 Å². The van der Waals surface area contributed by atoms with Gasteiger partial charge in [-0.2, -0.15) is 4.99 Å². The Bertz CT molecular complexity index is 471. The van der Waals surface area contributed by atoms with E-state index in [-0.39, 0.29) is 18.3 Å². The van der Waals surface area contributed by atoms with Gasteiger partial charge in [0, 0.05) is 32.2 Å². The van der Waals surface area contributed by atoms with E-state index >= 15 is 0 Å². The molecular formula is C12H21N5O5. The Morgan fingerprint density at radius 1 is 1.41 bits per heavy atom. The number of aliphatic imine (C=N–C) groups is 2. The van der Waals surface area contributed by atoms with Gasteiger partial charge < -0.3 is 14.4 Å². The van der Waals surface area contributed by atoms with Crippen molar-refractivity contribution in [2.75, 3.05) is 33.9 Å². The van der Waals surface area contributed by atoms with Crippen LogP contribution in [0, 0.1) is 10.1 Å². The SMILES string of the molecule is CCOC(CN=C1N=C(N(C)C)NC(=O)C1[N+](=O)[O-])OCC. The summed E-state index contributed by atoms with van der Waals surface area (Å²) in [5.41, 5.74) is 0. The molecule has 0 saturated heterocycles. The van der Waals surface area contributed by atoms with Gasteiger partial charge in [-0.15, -0.1) is 0 Å². The zero-order valence-corrected chi connectivity index (χ0v) is 13.1. The summed E-state index contributed by atoms with van der Waals surface area (Å²) >= 11 is 0. The molecule has 1 aliphatic heterocycles. The van der Waals surface area contributed by atoms with Crippen LogP contribution in [0.25, 0.3) is 0 Å². The van der Waals surface area contributed by atoms with Crippen LogP contribution in [-0.2, 0) is 14.3 Å². The molecule has 0 aliphatic carbocycles. The molecule has 10 heteroatoms. The Balaban J connectivity index is 3.01. The van der Waals surface area contributed by atoms with Gasteiger partial charge in [0.15, 0.2) is 6.29 Å². The Morgan fingerprint density at radius 2 is 2.00 bits per heavy atom. The highest BCUT2D eigenvalue weighted by molar-refractivity contribution is 6.18. The quantitative estimate of drug-likeness (QED) is 0.383. The molecule has 124 valence electrons. The molecule has 0 fully saturated rings. The number of guanidine groups is 1. The predicted octanol–water partition coefficient (Wildman–Crippen LogP) is -0.523. The third kappa shape index (κ3) is 4.74. The van der Waals surface area contributed by atoms with Crippen molar-refractivity contribution in [2.45, 2.75) is 26.2 Å². The van der Waals surface area contributed by atoms with Crippen molar-refractivity contribution in [1.29, 1.82) is 0 Å². The topological polar surface area (TPSA) is 119 Å². The van der Waals surface area contributed by atoms with E-state index in [0.717, 1.165) is 0 Å². The summed E-state index contributed by atoms with van der Waals surface area (Å²) in [4.78, 5) is 31.8. The number of carbonyl (C=O) groups is 1. The normalized spacial score (nSPS) is 20.0. The van der Waals surface area contributed by atoms with Crippen LogP contribution in [0.4, 0.5) is 0 Å². The van der Waals surface area contributed by atoms with Crippen LogP contribution in [0.5, 0.6) is 0 Å². The highest BCUT2D eigenvalue weighted by Crippen LogP contribution is 2.06. The number of amides is 1. The molecule has 1 N–H and O–H groups in total. The molecule has 1 unspecified atom stereocenters. The second-order valence-electron chi connectivity index (χ2n) is 4.55. The molecule has 0 aromatic heterocycles. The van der Waals surface area contributed by atoms with E-state index in [1.54, 1.807) is 27.9 Å². The molecule has 0 aromatic rings. The van der Waals surface area contributed by atoms with E-state index in [1.807, 2.05) is 0 Å². The van der Waals surface area contributed by atoms with Crippen LogP contribution in [-0.4, -0.2) is 73.7 Å². The van der Waals surface area contributed by atoms with Crippen molar-refractivity contribution in [2.24, 2.45) is 9.98 Å². The van der Waals surface area contributed by atoms with Crippen molar-refractivity contribution in [3.63, 3.8) is 0 Å². The predicted molar refractivity (Wildman–Crippen MR) is 79.4 cm³/mol. The summed E-state index contributed by atoms with van der Waals surface area (Å²) in [5, 5.41) is 13.4. The molecule has 0 bridgehead atoms. The molecular weight excluding hydrogens is 294 g/mol. The summed E-state index contributed by atoms with van der Waals surface area (Å²) in [5.74, 6) is -0.736. The first kappa shape index (κ1) is 18.0. The van der Waals surface area contributed by atoms with Crippen molar-refractivity contribution in [3.05, 3.63) is 10.1 Å². The van der Waals surface area contributed by atoms with E-state index in [9.17, 15) is 14.9 Å². The van der Waals surface area contributed by atoms with Crippen LogP contribution in [0.15, 0.2) is 9.98 Å². The highest BCUT2D eigenvalue weighted by Gasteiger charge is 2.40. The van der Waals surface area contributed by atoms with Crippen LogP contribution < -0.4 is 5.32 Å². The maximum atomic E-state index is 11.9. The Kier molecular flexibility index (Phi) is 6.86. The number of ether oxygens (including phenoxy) is 2. The van der Waals surface area contributed by atoms with Crippen LogP contribution in [0.1, 0.15) is 13.8 Å². The fourth-order valence-corrected chi connectivity index (χ4v) is 1.71. The number of rotatable bonds is 7. The maximum absolute atomic E-state index is 11.9. The lowest BCUT2D eigenvalue weighted by molar-refractivity contribution is -0.489. The number of carbonyl (C=O) groups excluding carboxylic acids is 1. The molecule has 0 spiro atoms. The lowest BCUT2D eigenvalue weighted by Gasteiger charge is -2.22. The van der Waals surface area contributed by atoms with Gasteiger partial charge in [-0.25, -0.2) is 0 Å². The van der Waals surface area contributed by atoms with Crippen LogP contribution in [0.3, 0.4) is 0 Å². The van der Waals surface area contributed by atoms with Crippen molar-refractivity contribution < 1.29 is 19.2 Å². The number of nitrogens with one attached hydrogen (secondary N) is 1. The number of amidine groups is 1. The third-order valence-corrected chi connectivity index (χ3v) is 2.69. The number of nitro groups is 1. The fourth-order valence-electron chi connectivity index (χ4n) is 1.71. The Morgan fingerprint density at radius 3 is 2.45 bits per heavy atom. The van der Waals surface area contributed by atoms with Gasteiger partial charge in [-0.05, 0) is 13.8 Å². The summed E-state index contributed by atoms with van der Waals surface area (Å²) in [6.07, 6.45) is -0.627. The van der Waals surface area contributed by atoms with E-state index in [2.05, 4.69) is 15.3 Å². The molecule has 0 radical (unpaired) electrons. The second-order valence-corrected chi connectivity index (χ2v) is 4.55. The minimum atomic E-state index is -1.63. The molecule has 1 rings (SSSR count). The summed E-state index contributed by atoms with van der Waals surface area (Å²) < 4.78 is 10.6. The third-order valence-electron chi connectivity index (χ3n) is 2.69.